The standard InChI is InChI=1S/C18H17N5O2/c1-13-16(12-20-21-17(24)14-8-10-19-11-9-14)18(25)23(22(13)2)15-6-4-3-5-7-15/h3-12H,1-2H3,(H,21,24)/b20-12-. The second kappa shape index (κ2) is 6.96. The third kappa shape index (κ3) is 3.25. The van der Waals surface area contributed by atoms with E-state index < -0.39 is 0 Å². The molecule has 3 aromatic rings. The van der Waals surface area contributed by atoms with Crippen molar-refractivity contribution in [3.8, 4) is 5.69 Å². The zero-order valence-electron chi connectivity index (χ0n) is 13.9. The summed E-state index contributed by atoms with van der Waals surface area (Å²) < 4.78 is 3.31. The minimum absolute atomic E-state index is 0.201. The predicted octanol–water partition coefficient (Wildman–Crippen LogP) is 1.64. The van der Waals surface area contributed by atoms with Gasteiger partial charge in [0.1, 0.15) is 0 Å². The summed E-state index contributed by atoms with van der Waals surface area (Å²) in [7, 11) is 1.80. The maximum Gasteiger partial charge on any atom is 0.280 e. The SMILES string of the molecule is Cc1c(/C=N\NC(=O)c2ccncc2)c(=O)n(-c2ccccc2)n1C. The second-order valence-corrected chi connectivity index (χ2v) is 5.41. The topological polar surface area (TPSA) is 81.3 Å². The van der Waals surface area contributed by atoms with Gasteiger partial charge in [-0.3, -0.25) is 19.3 Å². The average Bonchev–Trinajstić information content (AvgIpc) is 2.86. The number of hydrogen-bond donors (Lipinski definition) is 1. The van der Waals surface area contributed by atoms with Gasteiger partial charge in [0, 0.05) is 30.7 Å². The summed E-state index contributed by atoms with van der Waals surface area (Å²) in [5.41, 5.74) is 4.58. The van der Waals surface area contributed by atoms with Crippen LogP contribution in [0, 0.1) is 6.92 Å². The lowest BCUT2D eigenvalue weighted by Gasteiger charge is -2.07. The zero-order chi connectivity index (χ0) is 17.8. The Balaban J connectivity index is 1.86. The molecule has 0 spiro atoms. The maximum absolute atomic E-state index is 12.7. The van der Waals surface area contributed by atoms with Crippen LogP contribution in [0.4, 0.5) is 0 Å². The molecule has 1 N–H and O–H groups in total. The van der Waals surface area contributed by atoms with Crippen LogP contribution in [0.3, 0.4) is 0 Å². The second-order valence-electron chi connectivity index (χ2n) is 5.41. The molecule has 2 heterocycles. The van der Waals surface area contributed by atoms with Gasteiger partial charge in [-0.2, -0.15) is 5.10 Å². The van der Waals surface area contributed by atoms with E-state index in [9.17, 15) is 9.59 Å². The molecule has 126 valence electrons. The first-order valence-electron chi connectivity index (χ1n) is 7.67. The highest BCUT2D eigenvalue weighted by atomic mass is 16.2. The number of pyridine rings is 1. The van der Waals surface area contributed by atoms with Crippen molar-refractivity contribution in [3.63, 3.8) is 0 Å². The third-order valence-electron chi connectivity index (χ3n) is 3.90. The third-order valence-corrected chi connectivity index (χ3v) is 3.90. The van der Waals surface area contributed by atoms with E-state index in [2.05, 4.69) is 15.5 Å². The van der Waals surface area contributed by atoms with E-state index in [0.29, 0.717) is 11.1 Å². The number of carbonyl (C=O) groups is 1. The number of nitrogens with one attached hydrogen (secondary N) is 1. The number of para-hydroxylation sites is 1. The fraction of sp³-hybridized carbons (Fsp3) is 0.111. The van der Waals surface area contributed by atoms with E-state index in [1.807, 2.05) is 37.3 Å². The predicted molar refractivity (Wildman–Crippen MR) is 95.0 cm³/mol. The minimum atomic E-state index is -0.365. The number of nitrogens with zero attached hydrogens (tertiary/aromatic N) is 4. The van der Waals surface area contributed by atoms with Crippen molar-refractivity contribution in [2.45, 2.75) is 6.92 Å². The fourth-order valence-electron chi connectivity index (χ4n) is 2.46. The Kier molecular flexibility index (Phi) is 4.56. The number of hydrogen-bond acceptors (Lipinski definition) is 4. The van der Waals surface area contributed by atoms with Gasteiger partial charge in [-0.05, 0) is 31.2 Å². The van der Waals surface area contributed by atoms with Crippen molar-refractivity contribution in [1.82, 2.24) is 19.8 Å². The van der Waals surface area contributed by atoms with Gasteiger partial charge in [0.2, 0.25) is 0 Å². The van der Waals surface area contributed by atoms with Crippen molar-refractivity contribution < 1.29 is 4.79 Å². The summed E-state index contributed by atoms with van der Waals surface area (Å²) in [5.74, 6) is -0.365. The average molecular weight is 335 g/mol. The van der Waals surface area contributed by atoms with Crippen molar-refractivity contribution in [2.24, 2.45) is 12.1 Å². The van der Waals surface area contributed by atoms with Gasteiger partial charge in [0.15, 0.2) is 0 Å². The normalized spacial score (nSPS) is 11.0. The molecule has 0 radical (unpaired) electrons. The molecule has 0 fully saturated rings. The number of rotatable bonds is 4. The van der Waals surface area contributed by atoms with E-state index in [-0.39, 0.29) is 11.5 Å². The van der Waals surface area contributed by atoms with Crippen LogP contribution in [0.1, 0.15) is 21.6 Å². The van der Waals surface area contributed by atoms with Crippen LogP contribution in [-0.2, 0) is 7.05 Å². The first-order chi connectivity index (χ1) is 12.1. The first kappa shape index (κ1) is 16.4. The molecule has 7 heteroatoms. The summed E-state index contributed by atoms with van der Waals surface area (Å²) >= 11 is 0. The van der Waals surface area contributed by atoms with Crippen LogP contribution in [-0.4, -0.2) is 26.5 Å². The molecule has 1 aromatic carbocycles. The number of aromatic nitrogens is 3. The summed E-state index contributed by atoms with van der Waals surface area (Å²) in [6.07, 6.45) is 4.42. The highest BCUT2D eigenvalue weighted by molar-refractivity contribution is 5.94. The van der Waals surface area contributed by atoms with Gasteiger partial charge in [0.25, 0.3) is 11.5 Å². The number of benzene rings is 1. The van der Waals surface area contributed by atoms with E-state index in [1.165, 1.54) is 18.6 Å². The van der Waals surface area contributed by atoms with Gasteiger partial charge in [-0.1, -0.05) is 18.2 Å². The summed E-state index contributed by atoms with van der Waals surface area (Å²) in [5, 5.41) is 3.92. The Morgan fingerprint density at radius 2 is 1.84 bits per heavy atom. The Bertz CT molecular complexity index is 972. The number of amides is 1. The summed E-state index contributed by atoms with van der Waals surface area (Å²) in [6.45, 7) is 1.83. The first-order valence-corrected chi connectivity index (χ1v) is 7.67. The van der Waals surface area contributed by atoms with E-state index >= 15 is 0 Å². The Morgan fingerprint density at radius 3 is 2.52 bits per heavy atom. The van der Waals surface area contributed by atoms with E-state index in [0.717, 1.165) is 11.4 Å². The monoisotopic (exact) mass is 335 g/mol. The largest absolute Gasteiger partial charge is 0.285 e. The zero-order valence-corrected chi connectivity index (χ0v) is 13.9. The van der Waals surface area contributed by atoms with Crippen molar-refractivity contribution in [3.05, 3.63) is 82.0 Å². The lowest BCUT2D eigenvalue weighted by atomic mass is 10.2. The lowest BCUT2D eigenvalue weighted by molar-refractivity contribution is 0.0955. The molecule has 2 aromatic heterocycles. The van der Waals surface area contributed by atoms with Crippen LogP contribution >= 0.6 is 0 Å². The van der Waals surface area contributed by atoms with Gasteiger partial charge in [-0.25, -0.2) is 10.1 Å². The molecule has 1 amide bonds. The lowest BCUT2D eigenvalue weighted by Crippen LogP contribution is -2.21. The Hall–Kier alpha value is -3.48. The molecule has 0 aliphatic carbocycles. The molecule has 25 heavy (non-hydrogen) atoms. The van der Waals surface area contributed by atoms with Crippen LogP contribution in [0.15, 0.2) is 64.8 Å². The van der Waals surface area contributed by atoms with E-state index in [1.54, 1.807) is 28.5 Å². The summed E-state index contributed by atoms with van der Waals surface area (Å²) in [4.78, 5) is 28.5. The van der Waals surface area contributed by atoms with Gasteiger partial charge < -0.3 is 0 Å². The quantitative estimate of drug-likeness (QED) is 0.581. The maximum atomic E-state index is 12.7. The molecule has 0 saturated carbocycles. The fourth-order valence-corrected chi connectivity index (χ4v) is 2.46. The highest BCUT2D eigenvalue weighted by Crippen LogP contribution is 2.08. The van der Waals surface area contributed by atoms with Crippen molar-refractivity contribution in [1.29, 1.82) is 0 Å². The molecule has 0 bridgehead atoms. The van der Waals surface area contributed by atoms with Gasteiger partial charge in [0.05, 0.1) is 17.5 Å². The van der Waals surface area contributed by atoms with Crippen molar-refractivity contribution >= 4 is 12.1 Å². The van der Waals surface area contributed by atoms with Crippen LogP contribution in [0.2, 0.25) is 0 Å². The molecular formula is C18H17N5O2. The minimum Gasteiger partial charge on any atom is -0.285 e. The molecule has 0 aliphatic rings. The Labute approximate surface area is 144 Å². The van der Waals surface area contributed by atoms with Gasteiger partial charge >= 0.3 is 0 Å². The van der Waals surface area contributed by atoms with Gasteiger partial charge in [-0.15, -0.1) is 0 Å². The van der Waals surface area contributed by atoms with E-state index in [4.69, 9.17) is 0 Å². The number of hydrazone groups is 1. The molecule has 7 nitrogen and oxygen atoms in total. The smallest absolute Gasteiger partial charge is 0.280 e. The summed E-state index contributed by atoms with van der Waals surface area (Å²) in [6, 6.07) is 12.5. The molecule has 0 aliphatic heterocycles. The molecule has 0 saturated heterocycles. The van der Waals surface area contributed by atoms with Crippen LogP contribution < -0.4 is 11.0 Å². The molecule has 0 unspecified atom stereocenters. The molecule has 3 rings (SSSR count). The number of carbonyl (C=O) groups excluding carboxylic acids is 1. The van der Waals surface area contributed by atoms with Crippen molar-refractivity contribution in [2.75, 3.05) is 0 Å². The Morgan fingerprint density at radius 1 is 1.16 bits per heavy atom. The van der Waals surface area contributed by atoms with Crippen LogP contribution in [0.5, 0.6) is 0 Å². The highest BCUT2D eigenvalue weighted by Gasteiger charge is 2.14. The molecular weight excluding hydrogens is 318 g/mol. The molecule has 0 atom stereocenters. The van der Waals surface area contributed by atoms with Crippen LogP contribution in [0.25, 0.3) is 5.69 Å².